The Morgan fingerprint density at radius 2 is 1.71 bits per heavy atom. The van der Waals surface area contributed by atoms with Crippen LogP contribution >= 0.6 is 23.2 Å². The number of hydrogen-bond donors (Lipinski definition) is 0. The molecule has 1 fully saturated rings. The molecule has 0 N–H and O–H groups in total. The van der Waals surface area contributed by atoms with E-state index in [4.69, 9.17) is 27.9 Å². The molecule has 0 spiro atoms. The largest absolute Gasteiger partial charge is 0.489 e. The summed E-state index contributed by atoms with van der Waals surface area (Å²) in [5.74, 6) is 2.16. The van der Waals surface area contributed by atoms with Gasteiger partial charge in [-0.25, -0.2) is 0 Å². The van der Waals surface area contributed by atoms with E-state index in [1.54, 1.807) is 18.2 Å². The Bertz CT molecular complexity index is 382. The fourth-order valence-electron chi connectivity index (χ4n) is 2.72. The van der Waals surface area contributed by atoms with Crippen LogP contribution in [0.3, 0.4) is 0 Å². The highest BCUT2D eigenvalue weighted by Gasteiger charge is 2.25. The first-order chi connectivity index (χ1) is 8.04. The molecule has 0 aromatic heterocycles. The number of rotatable bonds is 2. The number of benzene rings is 1. The standard InChI is InChI=1S/C14H18Cl2O/c1-9-5-10(2)7-12(6-9)17-14-8-11(15)3-4-13(14)16/h3-4,8-10,12H,5-7H2,1-2H3. The third kappa shape index (κ3) is 3.53. The van der Waals surface area contributed by atoms with Gasteiger partial charge in [-0.2, -0.15) is 0 Å². The zero-order valence-electron chi connectivity index (χ0n) is 10.2. The second kappa shape index (κ2) is 5.49. The van der Waals surface area contributed by atoms with Crippen LogP contribution in [-0.2, 0) is 0 Å². The molecule has 1 nitrogen and oxygen atoms in total. The van der Waals surface area contributed by atoms with Crippen LogP contribution in [0.2, 0.25) is 10.0 Å². The zero-order chi connectivity index (χ0) is 12.4. The maximum atomic E-state index is 6.10. The first-order valence-corrected chi connectivity index (χ1v) is 6.92. The molecule has 2 unspecified atom stereocenters. The lowest BCUT2D eigenvalue weighted by molar-refractivity contribution is 0.101. The van der Waals surface area contributed by atoms with Crippen molar-refractivity contribution in [3.63, 3.8) is 0 Å². The molecule has 0 radical (unpaired) electrons. The summed E-state index contributed by atoms with van der Waals surface area (Å²) in [6.07, 6.45) is 3.77. The molecule has 0 heterocycles. The van der Waals surface area contributed by atoms with Gasteiger partial charge < -0.3 is 4.74 Å². The molecular formula is C14H18Cl2O. The Balaban J connectivity index is 2.07. The molecule has 2 rings (SSSR count). The van der Waals surface area contributed by atoms with E-state index in [1.807, 2.05) is 0 Å². The van der Waals surface area contributed by atoms with Crippen LogP contribution in [0, 0.1) is 11.8 Å². The van der Waals surface area contributed by atoms with Crippen molar-refractivity contribution in [2.24, 2.45) is 11.8 Å². The van der Waals surface area contributed by atoms with Gasteiger partial charge in [-0.3, -0.25) is 0 Å². The molecule has 1 aliphatic carbocycles. The molecule has 3 heteroatoms. The molecule has 1 aromatic carbocycles. The molecule has 1 aliphatic rings. The van der Waals surface area contributed by atoms with Gasteiger partial charge in [-0.05, 0) is 43.2 Å². The third-order valence-corrected chi connectivity index (χ3v) is 3.87. The highest BCUT2D eigenvalue weighted by atomic mass is 35.5. The van der Waals surface area contributed by atoms with E-state index in [1.165, 1.54) is 6.42 Å². The van der Waals surface area contributed by atoms with Gasteiger partial charge >= 0.3 is 0 Å². The van der Waals surface area contributed by atoms with Crippen LogP contribution in [0.1, 0.15) is 33.1 Å². The van der Waals surface area contributed by atoms with Crippen LogP contribution < -0.4 is 4.74 Å². The van der Waals surface area contributed by atoms with Gasteiger partial charge in [-0.15, -0.1) is 0 Å². The van der Waals surface area contributed by atoms with Crippen molar-refractivity contribution >= 4 is 23.2 Å². The maximum Gasteiger partial charge on any atom is 0.139 e. The summed E-state index contributed by atoms with van der Waals surface area (Å²) in [5, 5.41) is 1.31. The highest BCUT2D eigenvalue weighted by molar-refractivity contribution is 6.34. The summed E-state index contributed by atoms with van der Waals surface area (Å²) in [5.41, 5.74) is 0. The van der Waals surface area contributed by atoms with Gasteiger partial charge in [0.15, 0.2) is 0 Å². The van der Waals surface area contributed by atoms with Crippen LogP contribution in [-0.4, -0.2) is 6.10 Å². The molecule has 0 aliphatic heterocycles. The molecule has 0 amide bonds. The summed E-state index contributed by atoms with van der Waals surface area (Å²) in [7, 11) is 0. The third-order valence-electron chi connectivity index (χ3n) is 3.32. The lowest BCUT2D eigenvalue weighted by Crippen LogP contribution is -2.28. The Morgan fingerprint density at radius 1 is 1.06 bits per heavy atom. The smallest absolute Gasteiger partial charge is 0.139 e. The normalized spacial score (nSPS) is 29.1. The van der Waals surface area contributed by atoms with Gasteiger partial charge in [0.2, 0.25) is 0 Å². The van der Waals surface area contributed by atoms with E-state index in [2.05, 4.69) is 13.8 Å². The SMILES string of the molecule is CC1CC(C)CC(Oc2cc(Cl)ccc2Cl)C1. The van der Waals surface area contributed by atoms with Gasteiger partial charge in [0, 0.05) is 11.1 Å². The van der Waals surface area contributed by atoms with E-state index in [9.17, 15) is 0 Å². The Hall–Kier alpha value is -0.400. The predicted octanol–water partition coefficient (Wildman–Crippen LogP) is 5.20. The minimum absolute atomic E-state index is 0.268. The van der Waals surface area contributed by atoms with Gasteiger partial charge in [0.25, 0.3) is 0 Å². The molecule has 2 atom stereocenters. The lowest BCUT2D eigenvalue weighted by Gasteiger charge is -2.31. The summed E-state index contributed by atoms with van der Waals surface area (Å²) < 4.78 is 5.99. The molecule has 94 valence electrons. The summed E-state index contributed by atoms with van der Waals surface area (Å²) >= 11 is 12.1. The first kappa shape index (κ1) is 13.0. The first-order valence-electron chi connectivity index (χ1n) is 6.16. The van der Waals surface area contributed by atoms with Crippen LogP contribution in [0.4, 0.5) is 0 Å². The Morgan fingerprint density at radius 3 is 2.35 bits per heavy atom. The van der Waals surface area contributed by atoms with Crippen molar-refractivity contribution in [2.75, 3.05) is 0 Å². The molecule has 1 saturated carbocycles. The van der Waals surface area contributed by atoms with Crippen LogP contribution in [0.5, 0.6) is 5.75 Å². The predicted molar refractivity (Wildman–Crippen MR) is 73.1 cm³/mol. The van der Waals surface area contributed by atoms with Crippen molar-refractivity contribution in [3.8, 4) is 5.75 Å². The second-order valence-electron chi connectivity index (χ2n) is 5.23. The van der Waals surface area contributed by atoms with E-state index in [0.29, 0.717) is 15.8 Å². The van der Waals surface area contributed by atoms with E-state index < -0.39 is 0 Å². The highest BCUT2D eigenvalue weighted by Crippen LogP contribution is 2.34. The maximum absolute atomic E-state index is 6.10. The fourth-order valence-corrected chi connectivity index (χ4v) is 3.04. The van der Waals surface area contributed by atoms with Crippen molar-refractivity contribution in [1.82, 2.24) is 0 Å². The minimum atomic E-state index is 0.268. The molecule has 0 saturated heterocycles. The van der Waals surface area contributed by atoms with Gasteiger partial charge in [0.1, 0.15) is 5.75 Å². The number of hydrogen-bond acceptors (Lipinski definition) is 1. The Kier molecular flexibility index (Phi) is 4.22. The average Bonchev–Trinajstić information content (AvgIpc) is 2.22. The molecule has 17 heavy (non-hydrogen) atoms. The summed E-state index contributed by atoms with van der Waals surface area (Å²) in [4.78, 5) is 0. The second-order valence-corrected chi connectivity index (χ2v) is 6.08. The van der Waals surface area contributed by atoms with Crippen molar-refractivity contribution in [1.29, 1.82) is 0 Å². The number of halogens is 2. The summed E-state index contributed by atoms with van der Waals surface area (Å²) in [6.45, 7) is 4.57. The van der Waals surface area contributed by atoms with E-state index in [-0.39, 0.29) is 6.10 Å². The Labute approximate surface area is 113 Å². The molecule has 0 bridgehead atoms. The van der Waals surface area contributed by atoms with Crippen molar-refractivity contribution in [2.45, 2.75) is 39.2 Å². The monoisotopic (exact) mass is 272 g/mol. The van der Waals surface area contributed by atoms with Crippen molar-refractivity contribution < 1.29 is 4.74 Å². The molecular weight excluding hydrogens is 255 g/mol. The fraction of sp³-hybridized carbons (Fsp3) is 0.571. The quantitative estimate of drug-likeness (QED) is 0.719. The summed E-state index contributed by atoms with van der Waals surface area (Å²) in [6, 6.07) is 5.37. The zero-order valence-corrected chi connectivity index (χ0v) is 11.8. The van der Waals surface area contributed by atoms with E-state index >= 15 is 0 Å². The van der Waals surface area contributed by atoms with Crippen LogP contribution in [0.15, 0.2) is 18.2 Å². The topological polar surface area (TPSA) is 9.23 Å². The molecule has 1 aromatic rings. The van der Waals surface area contributed by atoms with Crippen LogP contribution in [0.25, 0.3) is 0 Å². The lowest BCUT2D eigenvalue weighted by atomic mass is 9.82. The average molecular weight is 273 g/mol. The van der Waals surface area contributed by atoms with Gasteiger partial charge in [-0.1, -0.05) is 37.0 Å². The number of ether oxygens (including phenoxy) is 1. The van der Waals surface area contributed by atoms with E-state index in [0.717, 1.165) is 24.7 Å². The van der Waals surface area contributed by atoms with Gasteiger partial charge in [0.05, 0.1) is 11.1 Å². The van der Waals surface area contributed by atoms with Crippen molar-refractivity contribution in [3.05, 3.63) is 28.2 Å². The minimum Gasteiger partial charge on any atom is -0.489 e.